The number of hydrogen-bond donors (Lipinski definition) is 3. The standard InChI is InChI=1S/C19H26N4O2/c1-2-20-19(25)22-17(18(24)23-10-6-3-7-11-23)12-14-13-21-16-9-5-4-8-15(14)16/h4-5,8-9,13,17,21H,2-3,6-7,10-12H2,1H3,(H2,20,22,25). The van der Waals surface area contributed by atoms with Gasteiger partial charge in [-0.25, -0.2) is 4.79 Å². The third-order valence-electron chi connectivity index (χ3n) is 4.71. The molecule has 25 heavy (non-hydrogen) atoms. The number of urea groups is 1. The molecule has 2 aromatic rings. The van der Waals surface area contributed by atoms with Crippen molar-refractivity contribution in [3.05, 3.63) is 36.0 Å². The van der Waals surface area contributed by atoms with E-state index in [0.29, 0.717) is 13.0 Å². The molecule has 1 aliphatic rings. The predicted octanol–water partition coefficient (Wildman–Crippen LogP) is 2.41. The molecule has 0 aliphatic carbocycles. The first-order chi connectivity index (χ1) is 12.2. The van der Waals surface area contributed by atoms with Gasteiger partial charge in [0.05, 0.1) is 0 Å². The maximum absolute atomic E-state index is 13.0. The summed E-state index contributed by atoms with van der Waals surface area (Å²) in [6.45, 7) is 3.95. The lowest BCUT2D eigenvalue weighted by Gasteiger charge is -2.30. The van der Waals surface area contributed by atoms with E-state index in [-0.39, 0.29) is 11.9 Å². The Morgan fingerprint density at radius 1 is 1.20 bits per heavy atom. The molecule has 1 fully saturated rings. The largest absolute Gasteiger partial charge is 0.361 e. The molecule has 1 aliphatic heterocycles. The lowest BCUT2D eigenvalue weighted by molar-refractivity contribution is -0.134. The number of benzene rings is 1. The van der Waals surface area contributed by atoms with Crippen LogP contribution < -0.4 is 10.6 Å². The summed E-state index contributed by atoms with van der Waals surface area (Å²) < 4.78 is 0. The number of aromatic amines is 1. The van der Waals surface area contributed by atoms with Gasteiger partial charge >= 0.3 is 6.03 Å². The number of carbonyl (C=O) groups is 2. The van der Waals surface area contributed by atoms with Crippen molar-refractivity contribution in [3.63, 3.8) is 0 Å². The second kappa shape index (κ2) is 8.05. The number of piperidine rings is 1. The van der Waals surface area contributed by atoms with Crippen LogP contribution in [0.15, 0.2) is 30.5 Å². The molecule has 0 radical (unpaired) electrons. The van der Waals surface area contributed by atoms with Gasteiger partial charge in [0.2, 0.25) is 5.91 Å². The average Bonchev–Trinajstić information content (AvgIpc) is 3.04. The normalized spacial score (nSPS) is 15.8. The topological polar surface area (TPSA) is 77.2 Å². The Hall–Kier alpha value is -2.50. The Morgan fingerprint density at radius 3 is 2.72 bits per heavy atom. The number of likely N-dealkylation sites (tertiary alicyclic amines) is 1. The van der Waals surface area contributed by atoms with Crippen LogP contribution in [0.1, 0.15) is 31.7 Å². The number of fused-ring (bicyclic) bond motifs is 1. The van der Waals surface area contributed by atoms with E-state index in [0.717, 1.165) is 42.4 Å². The van der Waals surface area contributed by atoms with Gasteiger partial charge in [-0.2, -0.15) is 0 Å². The minimum Gasteiger partial charge on any atom is -0.361 e. The van der Waals surface area contributed by atoms with Gasteiger partial charge in [0.25, 0.3) is 0 Å². The zero-order valence-electron chi connectivity index (χ0n) is 14.7. The highest BCUT2D eigenvalue weighted by Crippen LogP contribution is 2.20. The highest BCUT2D eigenvalue weighted by Gasteiger charge is 2.27. The number of amides is 3. The maximum Gasteiger partial charge on any atom is 0.315 e. The number of rotatable bonds is 5. The summed E-state index contributed by atoms with van der Waals surface area (Å²) in [7, 11) is 0. The van der Waals surface area contributed by atoms with Gasteiger partial charge in [-0.3, -0.25) is 4.79 Å². The van der Waals surface area contributed by atoms with E-state index in [4.69, 9.17) is 0 Å². The van der Waals surface area contributed by atoms with Crippen LogP contribution in [0.25, 0.3) is 10.9 Å². The first kappa shape index (κ1) is 17.3. The van der Waals surface area contributed by atoms with Crippen molar-refractivity contribution in [2.24, 2.45) is 0 Å². The van der Waals surface area contributed by atoms with Crippen molar-refractivity contribution < 1.29 is 9.59 Å². The fraction of sp³-hybridized carbons (Fsp3) is 0.474. The summed E-state index contributed by atoms with van der Waals surface area (Å²) in [6.07, 6.45) is 5.65. The number of H-pyrrole nitrogens is 1. The Labute approximate surface area is 148 Å². The molecule has 1 saturated heterocycles. The van der Waals surface area contributed by atoms with Gasteiger partial charge in [0.1, 0.15) is 6.04 Å². The van der Waals surface area contributed by atoms with E-state index < -0.39 is 6.04 Å². The van der Waals surface area contributed by atoms with Crippen molar-refractivity contribution in [2.45, 2.75) is 38.6 Å². The summed E-state index contributed by atoms with van der Waals surface area (Å²) in [5.74, 6) is 0.0104. The molecule has 6 nitrogen and oxygen atoms in total. The van der Waals surface area contributed by atoms with Gasteiger partial charge < -0.3 is 20.5 Å². The molecule has 3 N–H and O–H groups in total. The van der Waals surface area contributed by atoms with Crippen LogP contribution in [0.3, 0.4) is 0 Å². The molecule has 0 saturated carbocycles. The highest BCUT2D eigenvalue weighted by molar-refractivity contribution is 5.89. The number of aromatic nitrogens is 1. The molecule has 0 bridgehead atoms. The summed E-state index contributed by atoms with van der Waals surface area (Å²) >= 11 is 0. The Bertz CT molecular complexity index is 734. The number of nitrogens with zero attached hydrogens (tertiary/aromatic N) is 1. The van der Waals surface area contributed by atoms with Crippen LogP contribution in [0.2, 0.25) is 0 Å². The summed E-state index contributed by atoms with van der Waals surface area (Å²) in [5, 5.41) is 6.68. The van der Waals surface area contributed by atoms with E-state index in [9.17, 15) is 9.59 Å². The number of hydrogen-bond acceptors (Lipinski definition) is 2. The van der Waals surface area contributed by atoms with Crippen molar-refractivity contribution in [3.8, 4) is 0 Å². The molecule has 3 amide bonds. The maximum atomic E-state index is 13.0. The van der Waals surface area contributed by atoms with Crippen molar-refractivity contribution >= 4 is 22.8 Å². The van der Waals surface area contributed by atoms with Crippen LogP contribution in [0, 0.1) is 0 Å². The third kappa shape index (κ3) is 4.13. The van der Waals surface area contributed by atoms with Crippen molar-refractivity contribution in [1.29, 1.82) is 0 Å². The van der Waals surface area contributed by atoms with E-state index in [1.807, 2.05) is 42.3 Å². The van der Waals surface area contributed by atoms with Crippen molar-refractivity contribution in [2.75, 3.05) is 19.6 Å². The van der Waals surface area contributed by atoms with Gasteiger partial charge in [0, 0.05) is 43.2 Å². The van der Waals surface area contributed by atoms with E-state index in [1.54, 1.807) is 0 Å². The Kier molecular flexibility index (Phi) is 5.58. The minimum atomic E-state index is -0.552. The zero-order valence-corrected chi connectivity index (χ0v) is 14.7. The van der Waals surface area contributed by atoms with E-state index in [2.05, 4.69) is 15.6 Å². The fourth-order valence-electron chi connectivity index (χ4n) is 3.43. The van der Waals surface area contributed by atoms with Crippen molar-refractivity contribution in [1.82, 2.24) is 20.5 Å². The number of nitrogens with one attached hydrogen (secondary N) is 3. The second-order valence-electron chi connectivity index (χ2n) is 6.51. The Morgan fingerprint density at radius 2 is 1.96 bits per heavy atom. The van der Waals surface area contributed by atoms with Gasteiger partial charge in [-0.1, -0.05) is 18.2 Å². The molecular weight excluding hydrogens is 316 g/mol. The molecule has 134 valence electrons. The van der Waals surface area contributed by atoms with Crippen LogP contribution in [-0.2, 0) is 11.2 Å². The minimum absolute atomic E-state index is 0.0104. The number of para-hydroxylation sites is 1. The Balaban J connectivity index is 1.79. The SMILES string of the molecule is CCNC(=O)NC(Cc1c[nH]c2ccccc12)C(=O)N1CCCCC1. The summed E-state index contributed by atoms with van der Waals surface area (Å²) in [6, 6.07) is 7.17. The lowest BCUT2D eigenvalue weighted by Crippen LogP contribution is -2.53. The predicted molar refractivity (Wildman–Crippen MR) is 98.4 cm³/mol. The van der Waals surface area contributed by atoms with Gasteiger partial charge in [0.15, 0.2) is 0 Å². The molecule has 1 aromatic carbocycles. The number of carbonyl (C=O) groups excluding carboxylic acids is 2. The second-order valence-corrected chi connectivity index (χ2v) is 6.51. The van der Waals surface area contributed by atoms with Crippen LogP contribution >= 0.6 is 0 Å². The molecule has 0 spiro atoms. The van der Waals surface area contributed by atoms with Crippen LogP contribution in [0.5, 0.6) is 0 Å². The molecular formula is C19H26N4O2. The monoisotopic (exact) mass is 342 g/mol. The highest BCUT2D eigenvalue weighted by atomic mass is 16.2. The smallest absolute Gasteiger partial charge is 0.315 e. The summed E-state index contributed by atoms with van der Waals surface area (Å²) in [4.78, 5) is 30.1. The first-order valence-corrected chi connectivity index (χ1v) is 9.07. The molecule has 1 unspecified atom stereocenters. The van der Waals surface area contributed by atoms with Crippen LogP contribution in [-0.4, -0.2) is 47.5 Å². The molecule has 1 atom stereocenters. The van der Waals surface area contributed by atoms with Gasteiger partial charge in [-0.15, -0.1) is 0 Å². The van der Waals surface area contributed by atoms with Gasteiger partial charge in [-0.05, 0) is 37.8 Å². The van der Waals surface area contributed by atoms with E-state index in [1.165, 1.54) is 6.42 Å². The van der Waals surface area contributed by atoms with Crippen LogP contribution in [0.4, 0.5) is 4.79 Å². The first-order valence-electron chi connectivity index (χ1n) is 9.07. The molecule has 3 rings (SSSR count). The molecule has 6 heteroatoms. The lowest BCUT2D eigenvalue weighted by atomic mass is 10.0. The van der Waals surface area contributed by atoms with E-state index >= 15 is 0 Å². The third-order valence-corrected chi connectivity index (χ3v) is 4.71. The zero-order chi connectivity index (χ0) is 17.6. The molecule has 2 heterocycles. The average molecular weight is 342 g/mol. The fourth-order valence-corrected chi connectivity index (χ4v) is 3.43. The molecule has 1 aromatic heterocycles. The summed E-state index contributed by atoms with van der Waals surface area (Å²) in [5.41, 5.74) is 2.09. The quantitative estimate of drug-likeness (QED) is 0.780.